The minimum atomic E-state index is -0.959. The van der Waals surface area contributed by atoms with Crippen molar-refractivity contribution >= 4 is 32.9 Å². The Kier molecular flexibility index (Phi) is 6.79. The van der Waals surface area contributed by atoms with Gasteiger partial charge in [-0.05, 0) is 67.4 Å². The molecular formula is C26H23BrF2N2O2. The number of ether oxygens (including phenoxy) is 1. The second kappa shape index (κ2) is 9.75. The molecule has 0 N–H and O–H groups in total. The molecule has 0 aliphatic rings. The van der Waals surface area contributed by atoms with E-state index in [-0.39, 0.29) is 0 Å². The smallest absolute Gasteiger partial charge is 0.410 e. The van der Waals surface area contributed by atoms with Crippen LogP contribution in [-0.4, -0.2) is 28.6 Å². The minimum absolute atomic E-state index is 0.297. The summed E-state index contributed by atoms with van der Waals surface area (Å²) in [4.78, 5) is 14.2. The first-order chi connectivity index (χ1) is 15.9. The van der Waals surface area contributed by atoms with E-state index in [0.717, 1.165) is 33.1 Å². The highest BCUT2D eigenvalue weighted by Crippen LogP contribution is 2.39. The number of hydrogen-bond acceptors (Lipinski definition) is 2. The third-order valence-corrected chi connectivity index (χ3v) is 6.08. The van der Waals surface area contributed by atoms with Crippen molar-refractivity contribution in [2.45, 2.75) is 20.4 Å². The Balaban J connectivity index is 1.83. The Hall–Kier alpha value is -3.19. The fourth-order valence-corrected chi connectivity index (χ4v) is 4.34. The molecule has 0 saturated carbocycles. The molecule has 1 aromatic heterocycles. The fourth-order valence-electron chi connectivity index (χ4n) is 3.90. The average molecular weight is 513 g/mol. The molecule has 4 aromatic rings. The molecule has 0 bridgehead atoms. The van der Waals surface area contributed by atoms with E-state index in [4.69, 9.17) is 4.74 Å². The van der Waals surface area contributed by atoms with E-state index in [1.807, 2.05) is 56.4 Å². The number of aromatic nitrogens is 1. The van der Waals surface area contributed by atoms with E-state index in [9.17, 15) is 13.6 Å². The van der Waals surface area contributed by atoms with Gasteiger partial charge in [-0.15, -0.1) is 0 Å². The molecule has 1 heterocycles. The normalized spacial score (nSPS) is 11.1. The van der Waals surface area contributed by atoms with Crippen molar-refractivity contribution in [3.63, 3.8) is 0 Å². The quantitative estimate of drug-likeness (QED) is 0.273. The number of benzene rings is 3. The number of fused-ring (bicyclic) bond motifs is 1. The molecule has 33 heavy (non-hydrogen) atoms. The van der Waals surface area contributed by atoms with Crippen molar-refractivity contribution in [1.82, 2.24) is 9.47 Å². The average Bonchev–Trinajstić information content (AvgIpc) is 3.19. The van der Waals surface area contributed by atoms with Crippen molar-refractivity contribution in [2.75, 3.05) is 13.1 Å². The number of carbonyl (C=O) groups is 1. The second-order valence-electron chi connectivity index (χ2n) is 7.61. The SMILES string of the molecule is CCN(CC)C(=O)Oc1ccc2c(ccn2Cc2cccc(Br)c2)c1-c1ccc(F)c(F)c1. The van der Waals surface area contributed by atoms with Gasteiger partial charge in [0.1, 0.15) is 5.75 Å². The van der Waals surface area contributed by atoms with Gasteiger partial charge in [-0.3, -0.25) is 0 Å². The van der Waals surface area contributed by atoms with Crippen molar-refractivity contribution in [3.8, 4) is 16.9 Å². The Morgan fingerprint density at radius 3 is 2.48 bits per heavy atom. The van der Waals surface area contributed by atoms with Gasteiger partial charge in [0, 0.05) is 46.8 Å². The molecule has 0 atom stereocenters. The molecular weight excluding hydrogens is 490 g/mol. The fraction of sp³-hybridized carbons (Fsp3) is 0.192. The van der Waals surface area contributed by atoms with Gasteiger partial charge in [-0.1, -0.05) is 34.1 Å². The van der Waals surface area contributed by atoms with Crippen molar-refractivity contribution in [3.05, 3.63) is 88.5 Å². The molecule has 0 aliphatic heterocycles. The molecule has 3 aromatic carbocycles. The molecule has 0 aliphatic carbocycles. The van der Waals surface area contributed by atoms with Gasteiger partial charge >= 0.3 is 6.09 Å². The van der Waals surface area contributed by atoms with Crippen molar-refractivity contribution in [2.24, 2.45) is 0 Å². The van der Waals surface area contributed by atoms with Crippen LogP contribution in [0.25, 0.3) is 22.0 Å². The van der Waals surface area contributed by atoms with Gasteiger partial charge in [0.15, 0.2) is 11.6 Å². The molecule has 0 unspecified atom stereocenters. The summed E-state index contributed by atoms with van der Waals surface area (Å²) in [5.41, 5.74) is 2.97. The molecule has 0 fully saturated rings. The van der Waals surface area contributed by atoms with Gasteiger partial charge in [-0.2, -0.15) is 0 Å². The first-order valence-corrected chi connectivity index (χ1v) is 11.5. The standard InChI is InChI=1S/C26H23BrF2N2O2/c1-3-30(4-2)26(32)33-24-11-10-23-20(25(24)18-8-9-21(28)22(29)15-18)12-13-31(23)16-17-6-5-7-19(27)14-17/h5-15H,3-4,16H2,1-2H3. The van der Waals surface area contributed by atoms with Crippen LogP contribution < -0.4 is 4.74 Å². The van der Waals surface area contributed by atoms with E-state index >= 15 is 0 Å². The predicted molar refractivity (Wildman–Crippen MR) is 129 cm³/mol. The maximum absolute atomic E-state index is 14.1. The van der Waals surface area contributed by atoms with Crippen molar-refractivity contribution < 1.29 is 18.3 Å². The lowest BCUT2D eigenvalue weighted by Gasteiger charge is -2.20. The maximum Gasteiger partial charge on any atom is 0.415 e. The summed E-state index contributed by atoms with van der Waals surface area (Å²) in [6.45, 7) is 5.36. The molecule has 170 valence electrons. The van der Waals surface area contributed by atoms with Crippen LogP contribution >= 0.6 is 15.9 Å². The topological polar surface area (TPSA) is 34.5 Å². The van der Waals surface area contributed by atoms with Gasteiger partial charge in [0.2, 0.25) is 0 Å². The lowest BCUT2D eigenvalue weighted by molar-refractivity contribution is 0.157. The molecule has 0 saturated heterocycles. The number of halogens is 3. The lowest BCUT2D eigenvalue weighted by Crippen LogP contribution is -2.33. The van der Waals surface area contributed by atoms with Crippen molar-refractivity contribution in [1.29, 1.82) is 0 Å². The number of nitrogens with zero attached hydrogens (tertiary/aromatic N) is 2. The van der Waals surface area contributed by atoms with E-state index < -0.39 is 17.7 Å². The van der Waals surface area contributed by atoms with Crippen LogP contribution in [0.4, 0.5) is 13.6 Å². The summed E-state index contributed by atoms with van der Waals surface area (Å²) in [5, 5.41) is 0.779. The predicted octanol–water partition coefficient (Wildman–Crippen LogP) is 7.24. The first-order valence-electron chi connectivity index (χ1n) is 10.7. The molecule has 4 rings (SSSR count). The van der Waals surface area contributed by atoms with Gasteiger partial charge < -0.3 is 14.2 Å². The Morgan fingerprint density at radius 2 is 1.79 bits per heavy atom. The van der Waals surface area contributed by atoms with E-state index in [1.165, 1.54) is 6.07 Å². The molecule has 0 radical (unpaired) electrons. The van der Waals surface area contributed by atoms with Crippen LogP contribution in [0.5, 0.6) is 5.75 Å². The Bertz CT molecular complexity index is 1320. The van der Waals surface area contributed by atoms with E-state index in [2.05, 4.69) is 20.5 Å². The number of hydrogen-bond donors (Lipinski definition) is 0. The van der Waals surface area contributed by atoms with Crippen LogP contribution in [0.1, 0.15) is 19.4 Å². The van der Waals surface area contributed by atoms with Crippen LogP contribution in [0.2, 0.25) is 0 Å². The first kappa shape index (κ1) is 23.0. The van der Waals surface area contributed by atoms with Crippen LogP contribution in [0.3, 0.4) is 0 Å². The zero-order valence-corrected chi connectivity index (χ0v) is 19.9. The van der Waals surface area contributed by atoms with E-state index in [1.54, 1.807) is 11.0 Å². The lowest BCUT2D eigenvalue weighted by atomic mass is 10.00. The summed E-state index contributed by atoms with van der Waals surface area (Å²) in [6.07, 6.45) is 1.45. The monoisotopic (exact) mass is 512 g/mol. The summed E-state index contributed by atoms with van der Waals surface area (Å²) >= 11 is 3.50. The maximum atomic E-state index is 14.1. The summed E-state index contributed by atoms with van der Waals surface area (Å²) in [6, 6.07) is 17.2. The Labute approximate surface area is 199 Å². The van der Waals surface area contributed by atoms with Gasteiger partial charge in [-0.25, -0.2) is 13.6 Å². The third-order valence-electron chi connectivity index (χ3n) is 5.58. The number of amides is 1. The zero-order chi connectivity index (χ0) is 23.5. The molecule has 4 nitrogen and oxygen atoms in total. The van der Waals surface area contributed by atoms with Gasteiger partial charge in [0.25, 0.3) is 0 Å². The molecule has 0 spiro atoms. The molecule has 1 amide bonds. The highest BCUT2D eigenvalue weighted by Gasteiger charge is 2.20. The van der Waals surface area contributed by atoms with Gasteiger partial charge in [0.05, 0.1) is 0 Å². The minimum Gasteiger partial charge on any atom is -0.410 e. The summed E-state index contributed by atoms with van der Waals surface area (Å²) < 4.78 is 36.5. The zero-order valence-electron chi connectivity index (χ0n) is 18.3. The highest BCUT2D eigenvalue weighted by molar-refractivity contribution is 9.10. The second-order valence-corrected chi connectivity index (χ2v) is 8.53. The molecule has 7 heteroatoms. The number of carbonyl (C=O) groups excluding carboxylic acids is 1. The van der Waals surface area contributed by atoms with Crippen LogP contribution in [0.15, 0.2) is 71.3 Å². The number of rotatable bonds is 6. The third kappa shape index (κ3) is 4.78. The van der Waals surface area contributed by atoms with E-state index in [0.29, 0.717) is 36.5 Å². The Morgan fingerprint density at radius 1 is 1.00 bits per heavy atom. The summed E-state index contributed by atoms with van der Waals surface area (Å²) in [7, 11) is 0. The largest absolute Gasteiger partial charge is 0.415 e. The summed E-state index contributed by atoms with van der Waals surface area (Å²) in [5.74, 6) is -1.59. The highest BCUT2D eigenvalue weighted by atomic mass is 79.9. The van der Waals surface area contributed by atoms with Crippen LogP contribution in [0, 0.1) is 11.6 Å². The van der Waals surface area contributed by atoms with Crippen LogP contribution in [-0.2, 0) is 6.54 Å².